The molecule has 0 fully saturated rings. The number of hydrogen-bond acceptors (Lipinski definition) is 6. The maximum Gasteiger partial charge on any atom is 0.305 e. The van der Waals surface area contributed by atoms with E-state index in [2.05, 4.69) is 10.2 Å². The molecule has 0 unspecified atom stereocenters. The van der Waals surface area contributed by atoms with Crippen molar-refractivity contribution in [2.24, 2.45) is 0 Å². The lowest BCUT2D eigenvalue weighted by atomic mass is 10.3. The molecule has 8 heteroatoms. The van der Waals surface area contributed by atoms with Crippen molar-refractivity contribution in [2.45, 2.75) is 20.0 Å². The van der Waals surface area contributed by atoms with E-state index in [0.717, 1.165) is 12.1 Å². The van der Waals surface area contributed by atoms with Gasteiger partial charge in [0.25, 0.3) is 5.89 Å². The number of halogens is 1. The van der Waals surface area contributed by atoms with Gasteiger partial charge < -0.3 is 9.15 Å². The molecule has 2 aromatic rings. The van der Waals surface area contributed by atoms with Crippen molar-refractivity contribution in [3.05, 3.63) is 45.9 Å². The van der Waals surface area contributed by atoms with Gasteiger partial charge in [0.2, 0.25) is 11.7 Å². The third-order valence-corrected chi connectivity index (χ3v) is 2.29. The van der Waals surface area contributed by atoms with E-state index in [9.17, 15) is 14.5 Å². The fraction of sp³-hybridized carbons (Fsp3) is 0.273. The highest BCUT2D eigenvalue weighted by molar-refractivity contribution is 5.37. The van der Waals surface area contributed by atoms with Gasteiger partial charge in [-0.25, -0.2) is 0 Å². The van der Waals surface area contributed by atoms with Crippen molar-refractivity contribution in [3.8, 4) is 5.75 Å². The molecule has 2 rings (SSSR count). The van der Waals surface area contributed by atoms with Gasteiger partial charge in [0, 0.05) is 18.6 Å². The third kappa shape index (κ3) is 3.03. The minimum absolute atomic E-state index is 0.0236. The number of nitro benzene ring substituents is 1. The van der Waals surface area contributed by atoms with Crippen molar-refractivity contribution in [3.63, 3.8) is 0 Å². The topological polar surface area (TPSA) is 91.3 Å². The molecule has 0 bridgehead atoms. The van der Waals surface area contributed by atoms with E-state index in [4.69, 9.17) is 9.15 Å². The second-order valence-corrected chi connectivity index (χ2v) is 3.60. The van der Waals surface area contributed by atoms with E-state index in [1.807, 2.05) is 6.92 Å². The zero-order valence-corrected chi connectivity index (χ0v) is 10.00. The van der Waals surface area contributed by atoms with Crippen LogP contribution >= 0.6 is 0 Å². The van der Waals surface area contributed by atoms with Gasteiger partial charge in [0.1, 0.15) is 5.75 Å². The standard InChI is InChI=1S/C11H10FN3O4/c1-2-10-13-14-11(19-10)6-18-7-3-4-9(15(16)17)8(12)5-7/h3-5H,2,6H2,1H3. The first kappa shape index (κ1) is 12.9. The number of aryl methyl sites for hydroxylation is 1. The van der Waals surface area contributed by atoms with Crippen LogP contribution in [0.25, 0.3) is 0 Å². The Morgan fingerprint density at radius 1 is 1.42 bits per heavy atom. The Balaban J connectivity index is 2.03. The second kappa shape index (κ2) is 5.42. The molecule has 100 valence electrons. The zero-order chi connectivity index (χ0) is 13.8. The van der Waals surface area contributed by atoms with Gasteiger partial charge in [-0.2, -0.15) is 4.39 Å². The average molecular weight is 267 g/mol. The SMILES string of the molecule is CCc1nnc(COc2ccc([N+](=O)[O-])c(F)c2)o1. The molecule has 1 heterocycles. The van der Waals surface area contributed by atoms with Crippen LogP contribution in [0.5, 0.6) is 5.75 Å². The fourth-order valence-corrected chi connectivity index (χ4v) is 1.36. The van der Waals surface area contributed by atoms with Gasteiger partial charge in [-0.3, -0.25) is 10.1 Å². The summed E-state index contributed by atoms with van der Waals surface area (Å²) in [6.45, 7) is 1.84. The number of nitrogens with zero attached hydrogens (tertiary/aromatic N) is 3. The Labute approximate surface area is 107 Å². The molecule has 7 nitrogen and oxygen atoms in total. The minimum Gasteiger partial charge on any atom is -0.484 e. The van der Waals surface area contributed by atoms with Gasteiger partial charge in [0.05, 0.1) is 4.92 Å². The molecule has 0 saturated heterocycles. The molecule has 0 aliphatic carbocycles. The Hall–Kier alpha value is -2.51. The van der Waals surface area contributed by atoms with Gasteiger partial charge in [-0.1, -0.05) is 6.92 Å². The highest BCUT2D eigenvalue weighted by atomic mass is 19.1. The Kier molecular flexibility index (Phi) is 3.69. The molecule has 1 aromatic heterocycles. The molecule has 0 atom stereocenters. The molecule has 0 radical (unpaired) electrons. The summed E-state index contributed by atoms with van der Waals surface area (Å²) in [4.78, 5) is 9.64. The number of benzene rings is 1. The summed E-state index contributed by atoms with van der Waals surface area (Å²) in [5, 5.41) is 17.9. The molecule has 0 N–H and O–H groups in total. The highest BCUT2D eigenvalue weighted by Gasteiger charge is 2.14. The molecular formula is C11H10FN3O4. The third-order valence-electron chi connectivity index (χ3n) is 2.29. The molecule has 19 heavy (non-hydrogen) atoms. The molecule has 0 aliphatic heterocycles. The Morgan fingerprint density at radius 3 is 2.74 bits per heavy atom. The maximum absolute atomic E-state index is 13.3. The number of rotatable bonds is 5. The summed E-state index contributed by atoms with van der Waals surface area (Å²) >= 11 is 0. The van der Waals surface area contributed by atoms with E-state index in [0.29, 0.717) is 12.3 Å². The first-order valence-electron chi connectivity index (χ1n) is 5.48. The van der Waals surface area contributed by atoms with Gasteiger partial charge in [-0.15, -0.1) is 10.2 Å². The number of aromatic nitrogens is 2. The van der Waals surface area contributed by atoms with Crippen LogP contribution in [0.4, 0.5) is 10.1 Å². The van der Waals surface area contributed by atoms with E-state index in [1.165, 1.54) is 6.07 Å². The lowest BCUT2D eigenvalue weighted by molar-refractivity contribution is -0.387. The van der Waals surface area contributed by atoms with Crippen molar-refractivity contribution < 1.29 is 18.5 Å². The minimum atomic E-state index is -0.956. The van der Waals surface area contributed by atoms with E-state index in [-0.39, 0.29) is 18.2 Å². The van der Waals surface area contributed by atoms with Crippen LogP contribution in [0.2, 0.25) is 0 Å². The molecule has 0 saturated carbocycles. The summed E-state index contributed by atoms with van der Waals surface area (Å²) in [5.41, 5.74) is -0.599. The summed E-state index contributed by atoms with van der Waals surface area (Å²) in [6.07, 6.45) is 0.610. The monoisotopic (exact) mass is 267 g/mol. The molecular weight excluding hydrogens is 257 g/mol. The van der Waals surface area contributed by atoms with Crippen molar-refractivity contribution in [2.75, 3.05) is 0 Å². The average Bonchev–Trinajstić information content (AvgIpc) is 2.84. The number of hydrogen-bond donors (Lipinski definition) is 0. The summed E-state index contributed by atoms with van der Waals surface area (Å²) in [7, 11) is 0. The quantitative estimate of drug-likeness (QED) is 0.609. The van der Waals surface area contributed by atoms with Crippen molar-refractivity contribution in [1.82, 2.24) is 10.2 Å². The first-order chi connectivity index (χ1) is 9.10. The summed E-state index contributed by atoms with van der Waals surface area (Å²) in [6, 6.07) is 3.28. The number of nitro groups is 1. The summed E-state index contributed by atoms with van der Waals surface area (Å²) in [5.74, 6) is -0.0642. The van der Waals surface area contributed by atoms with Crippen LogP contribution < -0.4 is 4.74 Å². The predicted molar refractivity (Wildman–Crippen MR) is 61.1 cm³/mol. The molecule has 1 aromatic carbocycles. The Morgan fingerprint density at radius 2 is 2.16 bits per heavy atom. The molecule has 0 amide bonds. The van der Waals surface area contributed by atoms with Crippen LogP contribution in [-0.4, -0.2) is 15.1 Å². The van der Waals surface area contributed by atoms with E-state index < -0.39 is 16.4 Å². The fourth-order valence-electron chi connectivity index (χ4n) is 1.36. The molecule has 0 aliphatic rings. The Bertz CT molecular complexity index is 599. The van der Waals surface area contributed by atoms with Crippen LogP contribution in [0.15, 0.2) is 22.6 Å². The van der Waals surface area contributed by atoms with Crippen LogP contribution in [0.3, 0.4) is 0 Å². The first-order valence-corrected chi connectivity index (χ1v) is 5.48. The van der Waals surface area contributed by atoms with Gasteiger partial charge in [-0.05, 0) is 6.07 Å². The van der Waals surface area contributed by atoms with Crippen LogP contribution in [0.1, 0.15) is 18.7 Å². The second-order valence-electron chi connectivity index (χ2n) is 3.60. The van der Waals surface area contributed by atoms with Crippen molar-refractivity contribution >= 4 is 5.69 Å². The lowest BCUT2D eigenvalue weighted by Crippen LogP contribution is -1.98. The van der Waals surface area contributed by atoms with Gasteiger partial charge in [0.15, 0.2) is 6.61 Å². The highest BCUT2D eigenvalue weighted by Crippen LogP contribution is 2.22. The zero-order valence-electron chi connectivity index (χ0n) is 10.00. The maximum atomic E-state index is 13.3. The molecule has 0 spiro atoms. The van der Waals surface area contributed by atoms with E-state index >= 15 is 0 Å². The largest absolute Gasteiger partial charge is 0.484 e. The van der Waals surface area contributed by atoms with Crippen LogP contribution in [-0.2, 0) is 13.0 Å². The predicted octanol–water partition coefficient (Wildman–Crippen LogP) is 2.26. The summed E-state index contributed by atoms with van der Waals surface area (Å²) < 4.78 is 23.7. The normalized spacial score (nSPS) is 10.4. The van der Waals surface area contributed by atoms with E-state index in [1.54, 1.807) is 0 Å². The van der Waals surface area contributed by atoms with Gasteiger partial charge >= 0.3 is 5.69 Å². The van der Waals surface area contributed by atoms with Crippen molar-refractivity contribution in [1.29, 1.82) is 0 Å². The smallest absolute Gasteiger partial charge is 0.305 e. The number of ether oxygens (including phenoxy) is 1. The van der Waals surface area contributed by atoms with Crippen LogP contribution in [0, 0.1) is 15.9 Å². The lowest BCUT2D eigenvalue weighted by Gasteiger charge is -2.03.